The van der Waals surface area contributed by atoms with Crippen LogP contribution in [0.25, 0.3) is 0 Å². The molecule has 0 bridgehead atoms. The fourth-order valence-corrected chi connectivity index (χ4v) is 4.32. The summed E-state index contributed by atoms with van der Waals surface area (Å²) in [6.07, 6.45) is 0.789. The topological polar surface area (TPSA) is 59.0 Å². The fourth-order valence-electron chi connectivity index (χ4n) is 3.71. The van der Waals surface area contributed by atoms with Crippen LogP contribution >= 0.6 is 8.18 Å². The molecule has 0 radical (unpaired) electrons. The van der Waals surface area contributed by atoms with Gasteiger partial charge in [0.2, 0.25) is 0 Å². The summed E-state index contributed by atoms with van der Waals surface area (Å²) in [6, 6.07) is 19.5. The van der Waals surface area contributed by atoms with Gasteiger partial charge in [0.15, 0.2) is 6.73 Å². The van der Waals surface area contributed by atoms with Gasteiger partial charge >= 0.3 is 8.18 Å². The molecular formula is C27H33NO4P+. The van der Waals surface area contributed by atoms with E-state index in [0.717, 1.165) is 34.4 Å². The molecule has 3 rings (SSSR count). The largest absolute Gasteiger partial charge is 0.619 e. The molecule has 5 nitrogen and oxygen atoms in total. The number of phenols is 1. The van der Waals surface area contributed by atoms with E-state index in [0.29, 0.717) is 12.4 Å². The molecule has 3 aromatic carbocycles. The molecule has 0 heterocycles. The smallest absolute Gasteiger partial charge is 0.508 e. The lowest BCUT2D eigenvalue weighted by Crippen LogP contribution is -2.17. The number of phenolic OH excluding ortho intramolecular Hbond substituents is 1. The van der Waals surface area contributed by atoms with Gasteiger partial charge in [0, 0.05) is 7.05 Å². The maximum absolute atomic E-state index is 12.4. The third-order valence-corrected chi connectivity index (χ3v) is 6.67. The Morgan fingerprint density at radius 3 is 2.27 bits per heavy atom. The van der Waals surface area contributed by atoms with Gasteiger partial charge in [-0.15, -0.1) is 4.52 Å². The lowest BCUT2D eigenvalue weighted by Gasteiger charge is -2.16. The maximum Gasteiger partial charge on any atom is 0.619 e. The molecular weight excluding hydrogens is 433 g/mol. The van der Waals surface area contributed by atoms with Gasteiger partial charge in [-0.2, -0.15) is 0 Å². The minimum atomic E-state index is -1.99. The standard InChI is InChI=1S/C27H32NO4P/c1-19(2)25-15-23(11-12-27(25)29)16-26-20(3)13-24(14-21(26)4)31-18-28(5)33(30)32-17-22-9-7-6-8-10-22/h6-15,19H,16-18H2,1-5H3/p+1. The number of hydrogen-bond donors (Lipinski definition) is 1. The predicted octanol–water partition coefficient (Wildman–Crippen LogP) is 6.87. The highest BCUT2D eigenvalue weighted by Gasteiger charge is 2.27. The van der Waals surface area contributed by atoms with Crippen LogP contribution in [0.15, 0.2) is 60.7 Å². The Bertz CT molecular complexity index is 1080. The Morgan fingerprint density at radius 2 is 1.64 bits per heavy atom. The average molecular weight is 467 g/mol. The summed E-state index contributed by atoms with van der Waals surface area (Å²) in [4.78, 5) is 0. The van der Waals surface area contributed by atoms with Gasteiger partial charge in [0.1, 0.15) is 18.1 Å². The average Bonchev–Trinajstić information content (AvgIpc) is 2.79. The summed E-state index contributed by atoms with van der Waals surface area (Å²) in [6.45, 7) is 8.78. The van der Waals surface area contributed by atoms with E-state index in [1.54, 1.807) is 17.8 Å². The van der Waals surface area contributed by atoms with Crippen LogP contribution in [0.3, 0.4) is 0 Å². The van der Waals surface area contributed by atoms with E-state index in [9.17, 15) is 9.67 Å². The van der Waals surface area contributed by atoms with E-state index in [2.05, 4.69) is 33.8 Å². The molecule has 0 aromatic heterocycles. The van der Waals surface area contributed by atoms with Gasteiger partial charge in [0.25, 0.3) is 0 Å². The highest BCUT2D eigenvalue weighted by molar-refractivity contribution is 7.36. The first kappa shape index (κ1) is 24.9. The minimum Gasteiger partial charge on any atom is -0.508 e. The quantitative estimate of drug-likeness (QED) is 0.261. The number of ether oxygens (including phenoxy) is 1. The molecule has 0 amide bonds. The summed E-state index contributed by atoms with van der Waals surface area (Å²) < 4.78 is 25.3. The number of benzene rings is 3. The second-order valence-corrected chi connectivity index (χ2v) is 10.1. The van der Waals surface area contributed by atoms with Crippen LogP contribution in [0, 0.1) is 13.8 Å². The van der Waals surface area contributed by atoms with Gasteiger partial charge in [-0.3, -0.25) is 0 Å². The zero-order valence-electron chi connectivity index (χ0n) is 20.0. The first-order valence-electron chi connectivity index (χ1n) is 11.1. The van der Waals surface area contributed by atoms with Crippen LogP contribution in [0.1, 0.15) is 53.1 Å². The molecule has 0 saturated heterocycles. The maximum atomic E-state index is 12.4. The van der Waals surface area contributed by atoms with Crippen molar-refractivity contribution in [3.8, 4) is 11.5 Å². The van der Waals surface area contributed by atoms with E-state index < -0.39 is 8.18 Å². The monoisotopic (exact) mass is 466 g/mol. The molecule has 0 aliphatic rings. The lowest BCUT2D eigenvalue weighted by molar-refractivity contribution is 0.195. The van der Waals surface area contributed by atoms with Crippen molar-refractivity contribution in [2.75, 3.05) is 13.8 Å². The molecule has 0 saturated carbocycles. The van der Waals surface area contributed by atoms with E-state index >= 15 is 0 Å². The normalized spacial score (nSPS) is 11.8. The van der Waals surface area contributed by atoms with Gasteiger partial charge in [-0.25, -0.2) is 0 Å². The Kier molecular flexibility index (Phi) is 8.62. The Hall–Kier alpha value is -2.72. The Morgan fingerprint density at radius 1 is 0.970 bits per heavy atom. The van der Waals surface area contributed by atoms with Gasteiger partial charge in [-0.1, -0.05) is 56.3 Å². The number of aromatic hydroxyl groups is 1. The first-order chi connectivity index (χ1) is 15.7. The minimum absolute atomic E-state index is 0.165. The molecule has 6 heteroatoms. The Labute approximate surface area is 197 Å². The van der Waals surface area contributed by atoms with Crippen molar-refractivity contribution in [1.82, 2.24) is 4.67 Å². The molecule has 1 N–H and O–H groups in total. The number of aryl methyl sites for hydroxylation is 2. The molecule has 1 atom stereocenters. The van der Waals surface area contributed by atoms with Crippen molar-refractivity contribution < 1.29 is 18.9 Å². The highest BCUT2D eigenvalue weighted by atomic mass is 31.1. The zero-order valence-corrected chi connectivity index (χ0v) is 20.9. The number of hydrogen-bond acceptors (Lipinski definition) is 4. The number of nitrogens with zero attached hydrogens (tertiary/aromatic N) is 1. The fraction of sp³-hybridized carbons (Fsp3) is 0.333. The first-order valence-corrected chi connectivity index (χ1v) is 12.3. The van der Waals surface area contributed by atoms with Crippen LogP contribution in [0.4, 0.5) is 0 Å². The lowest BCUT2D eigenvalue weighted by atomic mass is 9.93. The Balaban J connectivity index is 1.60. The van der Waals surface area contributed by atoms with E-state index in [-0.39, 0.29) is 12.6 Å². The van der Waals surface area contributed by atoms with Crippen molar-refractivity contribution in [1.29, 1.82) is 0 Å². The molecule has 174 valence electrons. The summed E-state index contributed by atoms with van der Waals surface area (Å²) in [5.74, 6) is 1.35. The zero-order chi connectivity index (χ0) is 24.0. The van der Waals surface area contributed by atoms with Crippen molar-refractivity contribution >= 4 is 8.18 Å². The predicted molar refractivity (Wildman–Crippen MR) is 133 cm³/mol. The molecule has 1 unspecified atom stereocenters. The second kappa shape index (κ2) is 11.4. The van der Waals surface area contributed by atoms with E-state index in [1.807, 2.05) is 48.5 Å². The third kappa shape index (κ3) is 6.88. The summed E-state index contributed by atoms with van der Waals surface area (Å²) in [5.41, 5.74) is 6.63. The van der Waals surface area contributed by atoms with Crippen LogP contribution in [-0.2, 0) is 22.1 Å². The van der Waals surface area contributed by atoms with Crippen molar-refractivity contribution in [3.05, 3.63) is 94.0 Å². The third-order valence-electron chi connectivity index (χ3n) is 5.65. The highest BCUT2D eigenvalue weighted by Crippen LogP contribution is 2.31. The van der Waals surface area contributed by atoms with Crippen LogP contribution in [0.5, 0.6) is 11.5 Å². The van der Waals surface area contributed by atoms with Crippen molar-refractivity contribution in [2.45, 2.75) is 46.6 Å². The second-order valence-electron chi connectivity index (χ2n) is 8.69. The van der Waals surface area contributed by atoms with Gasteiger partial charge < -0.3 is 9.84 Å². The molecule has 0 aliphatic heterocycles. The molecule has 0 fully saturated rings. The molecule has 0 spiro atoms. The number of rotatable bonds is 10. The van der Waals surface area contributed by atoms with E-state index in [4.69, 9.17) is 9.26 Å². The summed E-state index contributed by atoms with van der Waals surface area (Å²) in [5, 5.41) is 10.1. The summed E-state index contributed by atoms with van der Waals surface area (Å²) >= 11 is 0. The molecule has 33 heavy (non-hydrogen) atoms. The van der Waals surface area contributed by atoms with Crippen LogP contribution in [-0.4, -0.2) is 23.6 Å². The molecule has 0 aliphatic carbocycles. The van der Waals surface area contributed by atoms with Crippen molar-refractivity contribution in [2.24, 2.45) is 0 Å². The summed E-state index contributed by atoms with van der Waals surface area (Å²) in [7, 11) is -0.273. The molecule has 3 aromatic rings. The van der Waals surface area contributed by atoms with E-state index in [1.165, 1.54) is 11.1 Å². The van der Waals surface area contributed by atoms with Crippen LogP contribution in [0.2, 0.25) is 0 Å². The van der Waals surface area contributed by atoms with Gasteiger partial charge in [-0.05, 0) is 87.0 Å². The van der Waals surface area contributed by atoms with Gasteiger partial charge in [0.05, 0.1) is 0 Å². The van der Waals surface area contributed by atoms with Crippen molar-refractivity contribution in [3.63, 3.8) is 0 Å². The van der Waals surface area contributed by atoms with Crippen LogP contribution < -0.4 is 4.74 Å². The SMILES string of the molecule is Cc1cc(OCN(C)[P+](=O)OCc2ccccc2)cc(C)c1Cc1ccc(O)c(C(C)C)c1.